The number of nitrogens with two attached hydrogens (primary N) is 1. The van der Waals surface area contributed by atoms with Crippen LogP contribution in [0.3, 0.4) is 0 Å². The first-order valence-corrected chi connectivity index (χ1v) is 6.41. The van der Waals surface area contributed by atoms with Crippen LogP contribution in [-0.2, 0) is 11.3 Å². The molecule has 1 aromatic rings. The average molecular weight is 293 g/mol. The summed E-state index contributed by atoms with van der Waals surface area (Å²) in [4.78, 5) is 34.8. The molecule has 0 heterocycles. The van der Waals surface area contributed by atoms with Crippen LogP contribution in [0.15, 0.2) is 24.3 Å². The standard InChI is InChI=1S/C14H19N3O4/c1-9(7-12(15)18)16-14(21)17(2)8-10-3-5-11(6-4-10)13(19)20/h3-6,9H,7-8H2,1-2H3,(H2,15,18)(H,16,21)(H,19,20). The number of carbonyl (C=O) groups excluding carboxylic acids is 2. The summed E-state index contributed by atoms with van der Waals surface area (Å²) in [6, 6.07) is 5.61. The molecule has 0 aromatic heterocycles. The lowest BCUT2D eigenvalue weighted by atomic mass is 10.1. The Balaban J connectivity index is 2.55. The van der Waals surface area contributed by atoms with Gasteiger partial charge in [-0.1, -0.05) is 12.1 Å². The monoisotopic (exact) mass is 293 g/mol. The van der Waals surface area contributed by atoms with Crippen LogP contribution < -0.4 is 11.1 Å². The summed E-state index contributed by atoms with van der Waals surface area (Å²) >= 11 is 0. The van der Waals surface area contributed by atoms with Crippen molar-refractivity contribution >= 4 is 17.9 Å². The number of carbonyl (C=O) groups is 3. The van der Waals surface area contributed by atoms with Crippen LogP contribution in [-0.4, -0.2) is 41.0 Å². The van der Waals surface area contributed by atoms with Gasteiger partial charge in [-0.3, -0.25) is 4.79 Å². The van der Waals surface area contributed by atoms with E-state index in [1.54, 1.807) is 26.1 Å². The minimum Gasteiger partial charge on any atom is -0.478 e. The molecule has 0 spiro atoms. The zero-order valence-corrected chi connectivity index (χ0v) is 12.0. The molecule has 4 N–H and O–H groups in total. The Bertz CT molecular complexity index is 528. The molecule has 21 heavy (non-hydrogen) atoms. The van der Waals surface area contributed by atoms with E-state index in [1.807, 2.05) is 0 Å². The molecule has 3 amide bonds. The van der Waals surface area contributed by atoms with Crippen molar-refractivity contribution in [2.45, 2.75) is 25.9 Å². The lowest BCUT2D eigenvalue weighted by Crippen LogP contribution is -2.42. The molecule has 0 fully saturated rings. The van der Waals surface area contributed by atoms with Crippen molar-refractivity contribution in [2.75, 3.05) is 7.05 Å². The zero-order valence-electron chi connectivity index (χ0n) is 12.0. The van der Waals surface area contributed by atoms with Crippen molar-refractivity contribution in [3.63, 3.8) is 0 Å². The third-order valence-corrected chi connectivity index (χ3v) is 2.84. The highest BCUT2D eigenvalue weighted by Gasteiger charge is 2.14. The molecule has 0 aliphatic heterocycles. The third-order valence-electron chi connectivity index (χ3n) is 2.84. The first-order valence-electron chi connectivity index (χ1n) is 6.41. The summed E-state index contributed by atoms with van der Waals surface area (Å²) in [5.41, 5.74) is 6.06. The van der Waals surface area contributed by atoms with Crippen molar-refractivity contribution in [1.29, 1.82) is 0 Å². The van der Waals surface area contributed by atoms with Crippen LogP contribution >= 0.6 is 0 Å². The number of carboxylic acid groups (broad SMARTS) is 1. The molecule has 1 unspecified atom stereocenters. The van der Waals surface area contributed by atoms with Crippen molar-refractivity contribution in [3.8, 4) is 0 Å². The molecular formula is C14H19N3O4. The first-order chi connectivity index (χ1) is 9.79. The smallest absolute Gasteiger partial charge is 0.335 e. The normalized spacial score (nSPS) is 11.5. The number of urea groups is 1. The molecular weight excluding hydrogens is 274 g/mol. The molecule has 1 rings (SSSR count). The number of primary amides is 1. The summed E-state index contributed by atoms with van der Waals surface area (Å²) in [6.07, 6.45) is 0.0763. The van der Waals surface area contributed by atoms with E-state index in [4.69, 9.17) is 10.8 Å². The second-order valence-corrected chi connectivity index (χ2v) is 4.88. The van der Waals surface area contributed by atoms with Gasteiger partial charge in [-0.2, -0.15) is 0 Å². The molecule has 0 radical (unpaired) electrons. The van der Waals surface area contributed by atoms with Gasteiger partial charge in [0.15, 0.2) is 0 Å². The Morgan fingerprint density at radius 1 is 1.29 bits per heavy atom. The summed E-state index contributed by atoms with van der Waals surface area (Å²) in [7, 11) is 1.61. The van der Waals surface area contributed by atoms with Gasteiger partial charge in [0.25, 0.3) is 0 Å². The molecule has 0 saturated heterocycles. The minimum atomic E-state index is -0.993. The Hall–Kier alpha value is -2.57. The Morgan fingerprint density at radius 3 is 2.33 bits per heavy atom. The molecule has 114 valence electrons. The highest BCUT2D eigenvalue weighted by molar-refractivity contribution is 5.87. The van der Waals surface area contributed by atoms with Gasteiger partial charge >= 0.3 is 12.0 Å². The van der Waals surface area contributed by atoms with E-state index < -0.39 is 11.9 Å². The summed E-state index contributed by atoms with van der Waals surface area (Å²) < 4.78 is 0. The fourth-order valence-corrected chi connectivity index (χ4v) is 1.77. The second kappa shape index (κ2) is 7.28. The Morgan fingerprint density at radius 2 is 1.86 bits per heavy atom. The largest absolute Gasteiger partial charge is 0.478 e. The van der Waals surface area contributed by atoms with Crippen LogP contribution in [0.2, 0.25) is 0 Å². The van der Waals surface area contributed by atoms with Gasteiger partial charge in [0.05, 0.1) is 5.56 Å². The lowest BCUT2D eigenvalue weighted by molar-refractivity contribution is -0.118. The van der Waals surface area contributed by atoms with Crippen molar-refractivity contribution in [1.82, 2.24) is 10.2 Å². The van der Waals surface area contributed by atoms with E-state index in [0.717, 1.165) is 5.56 Å². The maximum absolute atomic E-state index is 11.9. The summed E-state index contributed by atoms with van der Waals surface area (Å²) in [5.74, 6) is -1.47. The number of aromatic carboxylic acids is 1. The fraction of sp³-hybridized carbons (Fsp3) is 0.357. The summed E-state index contributed by atoms with van der Waals surface area (Å²) in [6.45, 7) is 2.02. The maximum Gasteiger partial charge on any atom is 0.335 e. The average Bonchev–Trinajstić information content (AvgIpc) is 2.38. The fourth-order valence-electron chi connectivity index (χ4n) is 1.77. The van der Waals surface area contributed by atoms with Crippen LogP contribution in [0.1, 0.15) is 29.3 Å². The number of hydrogen-bond acceptors (Lipinski definition) is 3. The second-order valence-electron chi connectivity index (χ2n) is 4.88. The van der Waals surface area contributed by atoms with Crippen LogP contribution in [0, 0.1) is 0 Å². The van der Waals surface area contributed by atoms with Gasteiger partial charge in [0.2, 0.25) is 5.91 Å². The van der Waals surface area contributed by atoms with E-state index in [-0.39, 0.29) is 24.1 Å². The van der Waals surface area contributed by atoms with Crippen molar-refractivity contribution < 1.29 is 19.5 Å². The highest BCUT2D eigenvalue weighted by atomic mass is 16.4. The molecule has 1 aromatic carbocycles. The Kier molecular flexibility index (Phi) is 5.71. The SMILES string of the molecule is CC(CC(N)=O)NC(=O)N(C)Cc1ccc(C(=O)O)cc1. The Labute approximate surface area is 122 Å². The summed E-state index contributed by atoms with van der Waals surface area (Å²) in [5, 5.41) is 11.5. The van der Waals surface area contributed by atoms with E-state index >= 15 is 0 Å². The molecule has 7 heteroatoms. The zero-order chi connectivity index (χ0) is 16.0. The topological polar surface area (TPSA) is 113 Å². The number of nitrogens with one attached hydrogen (secondary N) is 1. The van der Waals surface area contributed by atoms with Gasteiger partial charge in [-0.05, 0) is 24.6 Å². The maximum atomic E-state index is 11.9. The van der Waals surface area contributed by atoms with Crippen LogP contribution in [0.4, 0.5) is 4.79 Å². The molecule has 7 nitrogen and oxygen atoms in total. The van der Waals surface area contributed by atoms with Gasteiger partial charge in [0.1, 0.15) is 0 Å². The van der Waals surface area contributed by atoms with Gasteiger partial charge in [0, 0.05) is 26.1 Å². The van der Waals surface area contributed by atoms with Gasteiger partial charge in [-0.15, -0.1) is 0 Å². The number of amides is 3. The first kappa shape index (κ1) is 16.5. The predicted molar refractivity (Wildman–Crippen MR) is 76.7 cm³/mol. The number of rotatable bonds is 6. The van der Waals surface area contributed by atoms with Crippen molar-refractivity contribution in [2.24, 2.45) is 5.73 Å². The van der Waals surface area contributed by atoms with Gasteiger partial charge in [-0.25, -0.2) is 9.59 Å². The molecule has 0 saturated carbocycles. The van der Waals surface area contributed by atoms with E-state index in [1.165, 1.54) is 17.0 Å². The highest BCUT2D eigenvalue weighted by Crippen LogP contribution is 2.07. The van der Waals surface area contributed by atoms with E-state index in [2.05, 4.69) is 5.32 Å². The number of nitrogens with zero attached hydrogens (tertiary/aromatic N) is 1. The van der Waals surface area contributed by atoms with Gasteiger partial charge < -0.3 is 21.1 Å². The van der Waals surface area contributed by atoms with E-state index in [0.29, 0.717) is 6.54 Å². The van der Waals surface area contributed by atoms with Crippen molar-refractivity contribution in [3.05, 3.63) is 35.4 Å². The molecule has 1 atom stereocenters. The lowest BCUT2D eigenvalue weighted by Gasteiger charge is -2.21. The predicted octanol–water partition coefficient (Wildman–Crippen LogP) is 0.790. The molecule has 0 aliphatic carbocycles. The minimum absolute atomic E-state index is 0.0763. The van der Waals surface area contributed by atoms with Crippen LogP contribution in [0.5, 0.6) is 0 Å². The number of hydrogen-bond donors (Lipinski definition) is 3. The quantitative estimate of drug-likeness (QED) is 0.719. The number of benzene rings is 1. The van der Waals surface area contributed by atoms with Crippen LogP contribution in [0.25, 0.3) is 0 Å². The third kappa shape index (κ3) is 5.52. The van der Waals surface area contributed by atoms with E-state index in [9.17, 15) is 14.4 Å². The number of carboxylic acids is 1. The molecule has 0 bridgehead atoms. The molecule has 0 aliphatic rings.